The van der Waals surface area contributed by atoms with Crippen LogP contribution in [0.25, 0.3) is 0 Å². The van der Waals surface area contributed by atoms with Gasteiger partial charge in [-0.15, -0.1) is 0 Å². The molecular weight excluding hydrogens is 361 g/mol. The van der Waals surface area contributed by atoms with E-state index in [0.29, 0.717) is 28.3 Å². The Hall–Kier alpha value is -1.72. The van der Waals surface area contributed by atoms with E-state index in [-0.39, 0.29) is 17.8 Å². The number of benzene rings is 2. The zero-order chi connectivity index (χ0) is 19.9. The predicted molar refractivity (Wildman–Crippen MR) is 111 cm³/mol. The topological polar surface area (TPSA) is 63.3 Å². The maximum Gasteiger partial charge on any atom is 0.123 e. The highest BCUT2D eigenvalue weighted by atomic mass is 32.2. The summed E-state index contributed by atoms with van der Waals surface area (Å²) in [7, 11) is -1.31. The number of hydrogen-bond acceptors (Lipinski definition) is 3. The fraction of sp³-hybridized carbons (Fsp3) is 0.455. The van der Waals surface area contributed by atoms with Crippen molar-refractivity contribution in [3.05, 3.63) is 59.4 Å². The molecule has 0 bridgehead atoms. The summed E-state index contributed by atoms with van der Waals surface area (Å²) in [6.07, 6.45) is 4.10. The zero-order valence-electron chi connectivity index (χ0n) is 16.2. The van der Waals surface area contributed by atoms with Gasteiger partial charge >= 0.3 is 0 Å². The molecule has 0 aliphatic carbocycles. The van der Waals surface area contributed by atoms with Gasteiger partial charge in [-0.3, -0.25) is 4.21 Å². The molecule has 2 unspecified atom stereocenters. The van der Waals surface area contributed by atoms with Crippen molar-refractivity contribution >= 4 is 16.5 Å². The molecule has 2 aromatic carbocycles. The third kappa shape index (κ3) is 5.88. The molecule has 0 radical (unpaired) electrons. The van der Waals surface area contributed by atoms with E-state index in [1.54, 1.807) is 12.1 Å². The summed E-state index contributed by atoms with van der Waals surface area (Å²) in [6, 6.07) is 11.9. The molecule has 0 spiro atoms. The van der Waals surface area contributed by atoms with Crippen molar-refractivity contribution in [2.75, 3.05) is 18.1 Å². The van der Waals surface area contributed by atoms with Gasteiger partial charge in [0, 0.05) is 28.4 Å². The van der Waals surface area contributed by atoms with E-state index in [1.807, 2.05) is 25.1 Å². The highest BCUT2D eigenvalue weighted by molar-refractivity contribution is 7.85. The maximum atomic E-state index is 13.9. The Balaban J connectivity index is 2.30. The average molecular weight is 392 g/mol. The fourth-order valence-corrected chi connectivity index (χ4v) is 5.12. The van der Waals surface area contributed by atoms with Crippen LogP contribution in [-0.2, 0) is 17.2 Å². The Morgan fingerprint density at radius 1 is 1.19 bits per heavy atom. The Labute approximate surface area is 164 Å². The first kappa shape index (κ1) is 21.6. The lowest BCUT2D eigenvalue weighted by atomic mass is 9.83. The zero-order valence-corrected chi connectivity index (χ0v) is 17.0. The van der Waals surface area contributed by atoms with E-state index in [1.165, 1.54) is 12.1 Å². The lowest BCUT2D eigenvalue weighted by Gasteiger charge is -2.30. The number of anilines is 1. The normalized spacial score (nSPS) is 14.7. The SMILES string of the molecule is CCCCC(CC)(CO)CS(=O)c1ccc(F)cc1Cc1cccc(N)c1. The smallest absolute Gasteiger partial charge is 0.123 e. The third-order valence-corrected chi connectivity index (χ3v) is 6.96. The first-order chi connectivity index (χ1) is 12.9. The van der Waals surface area contributed by atoms with Crippen LogP contribution < -0.4 is 5.73 Å². The van der Waals surface area contributed by atoms with Crippen LogP contribution in [0, 0.1) is 11.2 Å². The van der Waals surface area contributed by atoms with Crippen molar-refractivity contribution in [1.29, 1.82) is 0 Å². The molecule has 148 valence electrons. The minimum absolute atomic E-state index is 0.0149. The van der Waals surface area contributed by atoms with Crippen molar-refractivity contribution < 1.29 is 13.7 Å². The quantitative estimate of drug-likeness (QED) is 0.578. The number of unbranched alkanes of at least 4 members (excludes halogenated alkanes) is 1. The second kappa shape index (κ2) is 10.00. The van der Waals surface area contributed by atoms with Gasteiger partial charge in [0.05, 0.1) is 10.8 Å². The lowest BCUT2D eigenvalue weighted by Crippen LogP contribution is -2.31. The van der Waals surface area contributed by atoms with Crippen molar-refractivity contribution in [3.63, 3.8) is 0 Å². The molecule has 0 saturated heterocycles. The Kier molecular flexibility index (Phi) is 7.99. The van der Waals surface area contributed by atoms with E-state index >= 15 is 0 Å². The van der Waals surface area contributed by atoms with Crippen molar-refractivity contribution in [2.45, 2.75) is 50.8 Å². The van der Waals surface area contributed by atoms with Gasteiger partial charge in [0.2, 0.25) is 0 Å². The summed E-state index contributed by atoms with van der Waals surface area (Å²) in [5, 5.41) is 9.97. The summed E-state index contributed by atoms with van der Waals surface area (Å²) < 4.78 is 27.0. The number of nitrogens with two attached hydrogens (primary N) is 1. The van der Waals surface area contributed by atoms with Crippen molar-refractivity contribution in [2.24, 2.45) is 5.41 Å². The van der Waals surface area contributed by atoms with Crippen LogP contribution >= 0.6 is 0 Å². The highest BCUT2D eigenvalue weighted by Crippen LogP contribution is 2.32. The van der Waals surface area contributed by atoms with Gasteiger partial charge in [-0.1, -0.05) is 38.8 Å². The van der Waals surface area contributed by atoms with Gasteiger partial charge in [-0.05, 0) is 60.7 Å². The van der Waals surface area contributed by atoms with Gasteiger partial charge in [-0.2, -0.15) is 0 Å². The van der Waals surface area contributed by atoms with Crippen LogP contribution in [-0.4, -0.2) is 21.7 Å². The molecule has 0 fully saturated rings. The van der Waals surface area contributed by atoms with Gasteiger partial charge < -0.3 is 10.8 Å². The number of nitrogen functional groups attached to an aromatic ring is 1. The van der Waals surface area contributed by atoms with Crippen LogP contribution in [0.4, 0.5) is 10.1 Å². The van der Waals surface area contributed by atoms with Gasteiger partial charge in [-0.25, -0.2) is 4.39 Å². The average Bonchev–Trinajstić information content (AvgIpc) is 2.65. The van der Waals surface area contributed by atoms with Gasteiger partial charge in [0.1, 0.15) is 5.82 Å². The molecule has 0 aliphatic rings. The van der Waals surface area contributed by atoms with Crippen LogP contribution in [0.2, 0.25) is 0 Å². The Bertz CT molecular complexity index is 775. The summed E-state index contributed by atoms with van der Waals surface area (Å²) in [6.45, 7) is 4.15. The summed E-state index contributed by atoms with van der Waals surface area (Å²) >= 11 is 0. The first-order valence-corrected chi connectivity index (χ1v) is 10.9. The molecule has 2 aromatic rings. The monoisotopic (exact) mass is 391 g/mol. The largest absolute Gasteiger partial charge is 0.399 e. The van der Waals surface area contributed by atoms with E-state index in [9.17, 15) is 13.7 Å². The number of hydrogen-bond donors (Lipinski definition) is 2. The minimum atomic E-state index is -1.31. The molecule has 3 nitrogen and oxygen atoms in total. The lowest BCUT2D eigenvalue weighted by molar-refractivity contribution is 0.129. The fourth-order valence-electron chi connectivity index (χ4n) is 3.33. The molecule has 0 heterocycles. The van der Waals surface area contributed by atoms with Crippen LogP contribution in [0.3, 0.4) is 0 Å². The van der Waals surface area contributed by atoms with Crippen LogP contribution in [0.15, 0.2) is 47.4 Å². The van der Waals surface area contributed by atoms with E-state index < -0.39 is 10.8 Å². The molecule has 0 amide bonds. The van der Waals surface area contributed by atoms with Gasteiger partial charge in [0.15, 0.2) is 0 Å². The molecule has 5 heteroatoms. The van der Waals surface area contributed by atoms with E-state index in [4.69, 9.17) is 5.73 Å². The molecule has 2 atom stereocenters. The first-order valence-electron chi connectivity index (χ1n) is 9.55. The Morgan fingerprint density at radius 3 is 2.59 bits per heavy atom. The summed E-state index contributed by atoms with van der Waals surface area (Å²) in [5.41, 5.74) is 7.79. The third-order valence-electron chi connectivity index (χ3n) is 5.20. The number of aliphatic hydroxyl groups is 1. The predicted octanol–water partition coefficient (Wildman–Crippen LogP) is 4.69. The summed E-state index contributed by atoms with van der Waals surface area (Å²) in [5.74, 6) is 0.0415. The van der Waals surface area contributed by atoms with Gasteiger partial charge in [0.25, 0.3) is 0 Å². The second-order valence-corrected chi connectivity index (χ2v) is 8.70. The van der Waals surface area contributed by atoms with Crippen molar-refractivity contribution in [1.82, 2.24) is 0 Å². The molecule has 0 aliphatic heterocycles. The van der Waals surface area contributed by atoms with Crippen LogP contribution in [0.5, 0.6) is 0 Å². The number of rotatable bonds is 10. The number of aliphatic hydroxyl groups excluding tert-OH is 1. The molecule has 0 aromatic heterocycles. The Morgan fingerprint density at radius 2 is 1.96 bits per heavy atom. The molecule has 2 rings (SSSR count). The van der Waals surface area contributed by atoms with Crippen molar-refractivity contribution in [3.8, 4) is 0 Å². The molecule has 3 N–H and O–H groups in total. The molecule has 27 heavy (non-hydrogen) atoms. The summed E-state index contributed by atoms with van der Waals surface area (Å²) in [4.78, 5) is 0.640. The van der Waals surface area contributed by atoms with E-state index in [2.05, 4.69) is 6.92 Å². The van der Waals surface area contributed by atoms with E-state index in [0.717, 1.165) is 31.2 Å². The number of halogens is 1. The standard InChI is InChI=1S/C22H30FNO2S/c1-3-5-11-22(4-2,15-25)16-27(26)21-10-9-19(23)14-18(21)12-17-7-6-8-20(24)13-17/h6-10,13-14,25H,3-5,11-12,15-16,24H2,1-2H3. The maximum absolute atomic E-state index is 13.9. The molecule has 0 saturated carbocycles. The van der Waals surface area contributed by atoms with Crippen LogP contribution in [0.1, 0.15) is 50.7 Å². The minimum Gasteiger partial charge on any atom is -0.399 e. The highest BCUT2D eigenvalue weighted by Gasteiger charge is 2.30. The molecular formula is C22H30FNO2S. The second-order valence-electron chi connectivity index (χ2n) is 7.28.